The number of aryl methyl sites for hydroxylation is 1. The molecule has 2 N–H and O–H groups in total. The van der Waals surface area contributed by atoms with E-state index in [1.165, 1.54) is 12.1 Å². The van der Waals surface area contributed by atoms with Crippen LogP contribution in [0.2, 0.25) is 0 Å². The number of aromatic nitrogens is 2. The highest BCUT2D eigenvalue weighted by Gasteiger charge is 2.30. The second-order valence-electron chi connectivity index (χ2n) is 4.41. The number of hydrogen-bond donors (Lipinski definition) is 1. The summed E-state index contributed by atoms with van der Waals surface area (Å²) in [5, 5.41) is 7.79. The van der Waals surface area contributed by atoms with Crippen molar-refractivity contribution in [2.45, 2.75) is 25.7 Å². The molecule has 0 bridgehead atoms. The van der Waals surface area contributed by atoms with E-state index >= 15 is 0 Å². The molecule has 1 aliphatic carbocycles. The summed E-state index contributed by atoms with van der Waals surface area (Å²) in [7, 11) is 0. The molecule has 0 amide bonds. The van der Waals surface area contributed by atoms with Crippen LogP contribution in [-0.4, -0.2) is 10.2 Å². The molecule has 0 atom stereocenters. The van der Waals surface area contributed by atoms with Gasteiger partial charge in [0.25, 0.3) is 5.89 Å². The molecule has 5 heteroatoms. The first-order chi connectivity index (χ1) is 8.15. The van der Waals surface area contributed by atoms with Gasteiger partial charge in [-0.15, -0.1) is 10.2 Å². The predicted molar refractivity (Wildman–Crippen MR) is 60.8 cm³/mol. The molecule has 0 unspecified atom stereocenters. The smallest absolute Gasteiger partial charge is 0.250 e. The summed E-state index contributed by atoms with van der Waals surface area (Å²) in [6.45, 7) is 1.76. The maximum Gasteiger partial charge on any atom is 0.250 e. The summed E-state index contributed by atoms with van der Waals surface area (Å²) in [6.07, 6.45) is 2.14. The van der Waals surface area contributed by atoms with Crippen LogP contribution < -0.4 is 5.73 Å². The molecule has 88 valence electrons. The Balaban J connectivity index is 2.04. The van der Waals surface area contributed by atoms with Gasteiger partial charge < -0.3 is 10.2 Å². The predicted octanol–water partition coefficient (Wildman–Crippen LogP) is 2.64. The first kappa shape index (κ1) is 10.3. The van der Waals surface area contributed by atoms with E-state index in [1.54, 1.807) is 6.92 Å². The maximum absolute atomic E-state index is 13.8. The summed E-state index contributed by atoms with van der Waals surface area (Å²) < 4.78 is 19.2. The molecule has 1 saturated carbocycles. The van der Waals surface area contributed by atoms with Crippen LogP contribution in [0.5, 0.6) is 0 Å². The SMILES string of the molecule is Cc1cc(F)c(-c2nnc(C3CC3)o2)cc1N. The quantitative estimate of drug-likeness (QED) is 0.810. The lowest BCUT2D eigenvalue weighted by Gasteiger charge is -2.03. The largest absolute Gasteiger partial charge is 0.420 e. The fourth-order valence-electron chi connectivity index (χ4n) is 1.69. The number of hydrogen-bond acceptors (Lipinski definition) is 4. The van der Waals surface area contributed by atoms with Gasteiger partial charge >= 0.3 is 0 Å². The standard InChI is InChI=1S/C12H12FN3O/c1-6-4-9(13)8(5-10(6)14)12-16-15-11(17-12)7-2-3-7/h4-5,7H,2-3,14H2,1H3. The lowest BCUT2D eigenvalue weighted by atomic mass is 10.1. The molecular weight excluding hydrogens is 221 g/mol. The van der Waals surface area contributed by atoms with Gasteiger partial charge in [-0.05, 0) is 37.5 Å². The van der Waals surface area contributed by atoms with E-state index in [-0.39, 0.29) is 17.3 Å². The minimum absolute atomic E-state index is 0.205. The monoisotopic (exact) mass is 233 g/mol. The Labute approximate surface area is 97.6 Å². The molecule has 1 heterocycles. The molecule has 1 aliphatic rings. The van der Waals surface area contributed by atoms with Crippen molar-refractivity contribution in [2.24, 2.45) is 0 Å². The van der Waals surface area contributed by atoms with E-state index in [4.69, 9.17) is 10.2 Å². The zero-order valence-electron chi connectivity index (χ0n) is 9.40. The van der Waals surface area contributed by atoms with Crippen molar-refractivity contribution in [1.29, 1.82) is 0 Å². The Morgan fingerprint density at radius 2 is 2.12 bits per heavy atom. The summed E-state index contributed by atoms with van der Waals surface area (Å²) in [5.74, 6) is 0.777. The number of nitrogens with zero attached hydrogens (tertiary/aromatic N) is 2. The van der Waals surface area contributed by atoms with Crippen molar-refractivity contribution in [3.63, 3.8) is 0 Å². The highest BCUT2D eigenvalue weighted by atomic mass is 19.1. The molecule has 2 aromatic rings. The Kier molecular flexibility index (Phi) is 2.14. The summed E-state index contributed by atoms with van der Waals surface area (Å²) in [6, 6.07) is 2.92. The van der Waals surface area contributed by atoms with Crippen LogP contribution in [0.25, 0.3) is 11.5 Å². The summed E-state index contributed by atoms with van der Waals surface area (Å²) in [5.41, 5.74) is 7.24. The minimum Gasteiger partial charge on any atom is -0.420 e. The first-order valence-electron chi connectivity index (χ1n) is 5.54. The fraction of sp³-hybridized carbons (Fsp3) is 0.333. The van der Waals surface area contributed by atoms with Gasteiger partial charge in [-0.1, -0.05) is 0 Å². The molecule has 1 aromatic carbocycles. The molecule has 0 aliphatic heterocycles. The van der Waals surface area contributed by atoms with Crippen molar-refractivity contribution in [3.8, 4) is 11.5 Å². The number of anilines is 1. The number of rotatable bonds is 2. The molecule has 0 saturated heterocycles. The lowest BCUT2D eigenvalue weighted by Crippen LogP contribution is -1.93. The van der Waals surface area contributed by atoms with Gasteiger partial charge in [0, 0.05) is 11.6 Å². The van der Waals surface area contributed by atoms with E-state index in [0.717, 1.165) is 12.8 Å². The minimum atomic E-state index is -0.386. The third-order valence-electron chi connectivity index (χ3n) is 2.95. The molecule has 3 rings (SSSR count). The van der Waals surface area contributed by atoms with Crippen molar-refractivity contribution < 1.29 is 8.81 Å². The van der Waals surface area contributed by atoms with E-state index in [1.807, 2.05) is 0 Å². The summed E-state index contributed by atoms with van der Waals surface area (Å²) >= 11 is 0. The topological polar surface area (TPSA) is 64.9 Å². The van der Waals surface area contributed by atoms with Gasteiger partial charge in [0.1, 0.15) is 5.82 Å². The van der Waals surface area contributed by atoms with Gasteiger partial charge in [0.2, 0.25) is 5.89 Å². The Morgan fingerprint density at radius 3 is 2.82 bits per heavy atom. The van der Waals surface area contributed by atoms with Gasteiger partial charge in [-0.2, -0.15) is 0 Å². The van der Waals surface area contributed by atoms with Crippen LogP contribution in [-0.2, 0) is 0 Å². The van der Waals surface area contributed by atoms with Crippen LogP contribution in [0.3, 0.4) is 0 Å². The van der Waals surface area contributed by atoms with Crippen molar-refractivity contribution in [2.75, 3.05) is 5.73 Å². The number of halogens is 1. The van der Waals surface area contributed by atoms with Gasteiger partial charge in [0.15, 0.2) is 0 Å². The third kappa shape index (κ3) is 1.77. The van der Waals surface area contributed by atoms with Crippen LogP contribution in [0, 0.1) is 12.7 Å². The van der Waals surface area contributed by atoms with Crippen LogP contribution in [0.1, 0.15) is 30.2 Å². The van der Waals surface area contributed by atoms with Crippen molar-refractivity contribution in [1.82, 2.24) is 10.2 Å². The third-order valence-corrected chi connectivity index (χ3v) is 2.95. The highest BCUT2D eigenvalue weighted by molar-refractivity contribution is 5.63. The van der Waals surface area contributed by atoms with E-state index in [2.05, 4.69) is 10.2 Å². The van der Waals surface area contributed by atoms with E-state index < -0.39 is 0 Å². The van der Waals surface area contributed by atoms with Gasteiger partial charge in [-0.3, -0.25) is 0 Å². The average molecular weight is 233 g/mol. The Morgan fingerprint density at radius 1 is 1.35 bits per heavy atom. The highest BCUT2D eigenvalue weighted by Crippen LogP contribution is 2.40. The zero-order chi connectivity index (χ0) is 12.0. The van der Waals surface area contributed by atoms with Crippen LogP contribution in [0.15, 0.2) is 16.5 Å². The summed E-state index contributed by atoms with van der Waals surface area (Å²) in [4.78, 5) is 0. The molecule has 17 heavy (non-hydrogen) atoms. The molecule has 4 nitrogen and oxygen atoms in total. The fourth-order valence-corrected chi connectivity index (χ4v) is 1.69. The molecule has 0 radical (unpaired) electrons. The lowest BCUT2D eigenvalue weighted by molar-refractivity contribution is 0.504. The van der Waals surface area contributed by atoms with Gasteiger partial charge in [0.05, 0.1) is 5.56 Å². The number of benzene rings is 1. The normalized spacial score (nSPS) is 15.2. The number of nitrogen functional groups attached to an aromatic ring is 1. The number of nitrogens with two attached hydrogens (primary N) is 1. The van der Waals surface area contributed by atoms with Crippen molar-refractivity contribution in [3.05, 3.63) is 29.4 Å². The zero-order valence-corrected chi connectivity index (χ0v) is 9.40. The molecule has 1 aromatic heterocycles. The van der Waals surface area contributed by atoms with Gasteiger partial charge in [-0.25, -0.2) is 4.39 Å². The second kappa shape index (κ2) is 3.55. The van der Waals surface area contributed by atoms with Crippen LogP contribution in [0.4, 0.5) is 10.1 Å². The van der Waals surface area contributed by atoms with E-state index in [9.17, 15) is 4.39 Å². The molecule has 0 spiro atoms. The Bertz CT molecular complexity index is 575. The van der Waals surface area contributed by atoms with Crippen molar-refractivity contribution >= 4 is 5.69 Å². The molecular formula is C12H12FN3O. The Hall–Kier alpha value is -1.91. The second-order valence-corrected chi connectivity index (χ2v) is 4.41. The molecule has 1 fully saturated rings. The first-order valence-corrected chi connectivity index (χ1v) is 5.54. The van der Waals surface area contributed by atoms with Crippen LogP contribution >= 0.6 is 0 Å². The maximum atomic E-state index is 13.8. The average Bonchev–Trinajstić information content (AvgIpc) is 3.03. The van der Waals surface area contributed by atoms with E-state index in [0.29, 0.717) is 23.1 Å².